The van der Waals surface area contributed by atoms with Gasteiger partial charge >= 0.3 is 6.09 Å². The zero-order valence-corrected chi connectivity index (χ0v) is 14.9. The van der Waals surface area contributed by atoms with E-state index in [-0.39, 0.29) is 11.5 Å². The Hall–Kier alpha value is -2.06. The number of carbonyl (C=O) groups excluding carboxylic acids is 1. The van der Waals surface area contributed by atoms with Gasteiger partial charge in [-0.15, -0.1) is 0 Å². The molecule has 2 fully saturated rings. The summed E-state index contributed by atoms with van der Waals surface area (Å²) in [4.78, 5) is 13.3. The normalized spacial score (nSPS) is 27.5. The van der Waals surface area contributed by atoms with Crippen LogP contribution in [0.15, 0.2) is 30.3 Å². The highest BCUT2D eigenvalue weighted by molar-refractivity contribution is 5.67. The number of nitrogens with zero attached hydrogens (tertiary/aromatic N) is 2. The smallest absolute Gasteiger partial charge is 0.409 e. The molecule has 1 N–H and O–H groups in total. The van der Waals surface area contributed by atoms with Gasteiger partial charge in [0.25, 0.3) is 0 Å². The Labute approximate surface area is 150 Å². The van der Waals surface area contributed by atoms with Crippen LogP contribution in [0.4, 0.5) is 4.79 Å². The lowest BCUT2D eigenvalue weighted by Gasteiger charge is -2.39. The van der Waals surface area contributed by atoms with Crippen LogP contribution in [0.2, 0.25) is 0 Å². The molecule has 3 rings (SSSR count). The molecule has 1 aliphatic carbocycles. The highest BCUT2D eigenvalue weighted by Gasteiger charge is 2.37. The van der Waals surface area contributed by atoms with Crippen LogP contribution in [0.25, 0.3) is 0 Å². The zero-order valence-electron chi connectivity index (χ0n) is 14.9. The van der Waals surface area contributed by atoms with Crippen molar-refractivity contribution < 1.29 is 9.53 Å². The first-order valence-electron chi connectivity index (χ1n) is 9.22. The molecule has 0 atom stereocenters. The monoisotopic (exact) mass is 341 g/mol. The number of amides is 1. The van der Waals surface area contributed by atoms with E-state index >= 15 is 0 Å². The average molecular weight is 341 g/mol. The van der Waals surface area contributed by atoms with Crippen molar-refractivity contribution in [2.24, 2.45) is 0 Å². The van der Waals surface area contributed by atoms with Crippen molar-refractivity contribution in [3.8, 4) is 6.07 Å². The Morgan fingerprint density at radius 1 is 1.16 bits per heavy atom. The van der Waals surface area contributed by atoms with Crippen molar-refractivity contribution in [1.29, 1.82) is 5.26 Å². The molecule has 2 aliphatic rings. The number of likely N-dealkylation sites (tertiary alicyclic amines) is 1. The van der Waals surface area contributed by atoms with Gasteiger partial charge in [-0.1, -0.05) is 30.3 Å². The standard InChI is InChI=1S/C20H27N3O2/c1-25-19(24)23-13-9-18(10-14-23)22-17-7-11-20(15-21,12-8-17)16-5-3-2-4-6-16/h2-6,17-18,22H,7-14H2,1H3. The van der Waals surface area contributed by atoms with Crippen LogP contribution in [0, 0.1) is 11.3 Å². The predicted molar refractivity (Wildman–Crippen MR) is 96.1 cm³/mol. The summed E-state index contributed by atoms with van der Waals surface area (Å²) < 4.78 is 4.79. The Morgan fingerprint density at radius 2 is 1.76 bits per heavy atom. The topological polar surface area (TPSA) is 65.4 Å². The van der Waals surface area contributed by atoms with Gasteiger partial charge in [0, 0.05) is 25.2 Å². The molecule has 1 aromatic rings. The fraction of sp³-hybridized carbons (Fsp3) is 0.600. The third kappa shape index (κ3) is 3.96. The molecule has 1 amide bonds. The molecule has 1 saturated carbocycles. The zero-order chi connectivity index (χ0) is 17.7. The summed E-state index contributed by atoms with van der Waals surface area (Å²) in [6.45, 7) is 1.51. The van der Waals surface area contributed by atoms with Gasteiger partial charge in [0.1, 0.15) is 0 Å². The largest absolute Gasteiger partial charge is 0.453 e. The number of rotatable bonds is 3. The molecule has 1 saturated heterocycles. The first kappa shape index (κ1) is 17.8. The summed E-state index contributed by atoms with van der Waals surface area (Å²) >= 11 is 0. The minimum atomic E-state index is -0.326. The average Bonchev–Trinajstić information content (AvgIpc) is 2.69. The summed E-state index contributed by atoms with van der Waals surface area (Å²) in [6.07, 6.45) is 5.58. The highest BCUT2D eigenvalue weighted by Crippen LogP contribution is 2.39. The van der Waals surface area contributed by atoms with E-state index in [0.29, 0.717) is 12.1 Å². The number of hydrogen-bond acceptors (Lipinski definition) is 4. The molecule has 0 unspecified atom stereocenters. The van der Waals surface area contributed by atoms with Gasteiger partial charge in [-0.3, -0.25) is 0 Å². The lowest BCUT2D eigenvalue weighted by molar-refractivity contribution is 0.107. The fourth-order valence-electron chi connectivity index (χ4n) is 4.19. The quantitative estimate of drug-likeness (QED) is 0.917. The Bertz CT molecular complexity index is 610. The molecule has 0 radical (unpaired) electrons. The van der Waals surface area contributed by atoms with Crippen molar-refractivity contribution in [3.63, 3.8) is 0 Å². The number of piperidine rings is 1. The van der Waals surface area contributed by atoms with Gasteiger partial charge in [0.2, 0.25) is 0 Å². The van der Waals surface area contributed by atoms with Crippen LogP contribution in [-0.2, 0) is 10.2 Å². The van der Waals surface area contributed by atoms with Crippen molar-refractivity contribution >= 4 is 6.09 Å². The third-order valence-corrected chi connectivity index (χ3v) is 5.78. The summed E-state index contributed by atoms with van der Waals surface area (Å²) in [5.74, 6) is 0. The first-order chi connectivity index (χ1) is 12.2. The predicted octanol–water partition coefficient (Wildman–Crippen LogP) is 3.21. The molecule has 1 aromatic carbocycles. The molecule has 5 nitrogen and oxygen atoms in total. The SMILES string of the molecule is COC(=O)N1CCC(NC2CCC(C#N)(c3ccccc3)CC2)CC1. The minimum Gasteiger partial charge on any atom is -0.453 e. The van der Waals surface area contributed by atoms with Crippen LogP contribution in [0.5, 0.6) is 0 Å². The highest BCUT2D eigenvalue weighted by atomic mass is 16.5. The Morgan fingerprint density at radius 3 is 2.32 bits per heavy atom. The Kier molecular flexibility index (Phi) is 5.60. The van der Waals surface area contributed by atoms with Gasteiger partial charge in [-0.05, 0) is 44.1 Å². The molecular weight excluding hydrogens is 314 g/mol. The number of hydrogen-bond donors (Lipinski definition) is 1. The molecule has 5 heteroatoms. The van der Waals surface area contributed by atoms with E-state index in [1.54, 1.807) is 4.90 Å². The maximum Gasteiger partial charge on any atom is 0.409 e. The lowest BCUT2D eigenvalue weighted by atomic mass is 9.69. The second-order valence-corrected chi connectivity index (χ2v) is 7.23. The van der Waals surface area contributed by atoms with E-state index < -0.39 is 0 Å². The molecule has 1 aliphatic heterocycles. The van der Waals surface area contributed by atoms with Crippen molar-refractivity contribution in [2.75, 3.05) is 20.2 Å². The second-order valence-electron chi connectivity index (χ2n) is 7.23. The molecule has 1 heterocycles. The molecule has 134 valence electrons. The lowest BCUT2D eigenvalue weighted by Crippen LogP contribution is -2.49. The van der Waals surface area contributed by atoms with Crippen LogP contribution < -0.4 is 5.32 Å². The Balaban J connectivity index is 1.50. The minimum absolute atomic E-state index is 0.224. The van der Waals surface area contributed by atoms with Gasteiger partial charge in [-0.25, -0.2) is 4.79 Å². The van der Waals surface area contributed by atoms with Gasteiger partial charge in [0.15, 0.2) is 0 Å². The van der Waals surface area contributed by atoms with Crippen LogP contribution in [0.1, 0.15) is 44.1 Å². The van der Waals surface area contributed by atoms with Crippen LogP contribution >= 0.6 is 0 Å². The van der Waals surface area contributed by atoms with E-state index in [1.807, 2.05) is 18.2 Å². The van der Waals surface area contributed by atoms with E-state index in [0.717, 1.165) is 57.2 Å². The number of nitriles is 1. The van der Waals surface area contributed by atoms with E-state index in [1.165, 1.54) is 7.11 Å². The first-order valence-corrected chi connectivity index (χ1v) is 9.22. The van der Waals surface area contributed by atoms with Crippen molar-refractivity contribution in [1.82, 2.24) is 10.2 Å². The summed E-state index contributed by atoms with van der Waals surface area (Å²) in [7, 11) is 1.43. The molecular formula is C20H27N3O2. The van der Waals surface area contributed by atoms with Crippen LogP contribution in [-0.4, -0.2) is 43.3 Å². The summed E-state index contributed by atoms with van der Waals surface area (Å²) in [5, 5.41) is 13.5. The summed E-state index contributed by atoms with van der Waals surface area (Å²) in [5.41, 5.74) is 0.829. The van der Waals surface area contributed by atoms with Crippen molar-refractivity contribution in [3.05, 3.63) is 35.9 Å². The van der Waals surface area contributed by atoms with Gasteiger partial charge in [-0.2, -0.15) is 5.26 Å². The molecule has 0 bridgehead atoms. The summed E-state index contributed by atoms with van der Waals surface area (Å²) in [6, 6.07) is 13.7. The van der Waals surface area contributed by atoms with Gasteiger partial charge in [0.05, 0.1) is 18.6 Å². The third-order valence-electron chi connectivity index (χ3n) is 5.78. The maximum absolute atomic E-state index is 11.6. The van der Waals surface area contributed by atoms with Crippen molar-refractivity contribution in [2.45, 2.75) is 56.0 Å². The number of carbonyl (C=O) groups is 1. The fourth-order valence-corrected chi connectivity index (χ4v) is 4.19. The number of benzene rings is 1. The van der Waals surface area contributed by atoms with E-state index in [2.05, 4.69) is 23.5 Å². The number of ether oxygens (including phenoxy) is 1. The number of nitrogens with one attached hydrogen (secondary N) is 1. The maximum atomic E-state index is 11.6. The molecule has 25 heavy (non-hydrogen) atoms. The van der Waals surface area contributed by atoms with Crippen LogP contribution in [0.3, 0.4) is 0 Å². The van der Waals surface area contributed by atoms with Gasteiger partial charge < -0.3 is 15.0 Å². The second kappa shape index (κ2) is 7.88. The molecule has 0 spiro atoms. The number of methoxy groups -OCH3 is 1. The van der Waals surface area contributed by atoms with E-state index in [4.69, 9.17) is 4.74 Å². The van der Waals surface area contributed by atoms with E-state index in [9.17, 15) is 10.1 Å². The molecule has 0 aromatic heterocycles.